The van der Waals surface area contributed by atoms with Gasteiger partial charge in [-0.2, -0.15) is 0 Å². The van der Waals surface area contributed by atoms with Crippen LogP contribution in [0, 0.1) is 0 Å². The zero-order chi connectivity index (χ0) is 8.27. The number of benzene rings is 1. The smallest absolute Gasteiger partial charge is 0.260 e. The van der Waals surface area contributed by atoms with Gasteiger partial charge in [-0.25, -0.2) is 0 Å². The molecule has 1 aromatic carbocycles. The van der Waals surface area contributed by atoms with Gasteiger partial charge in [0.25, 0.3) is 5.91 Å². The van der Waals surface area contributed by atoms with E-state index in [4.69, 9.17) is 0 Å². The van der Waals surface area contributed by atoms with Crippen molar-refractivity contribution in [1.29, 1.82) is 0 Å². The van der Waals surface area contributed by atoms with Crippen LogP contribution in [-0.4, -0.2) is 5.91 Å². The van der Waals surface area contributed by atoms with E-state index in [0.29, 0.717) is 5.56 Å². The van der Waals surface area contributed by atoms with Gasteiger partial charge in [0.15, 0.2) is 0 Å². The van der Waals surface area contributed by atoms with Gasteiger partial charge in [-0.1, -0.05) is 28.7 Å². The van der Waals surface area contributed by atoms with Gasteiger partial charge in [-0.05, 0) is 24.3 Å². The molecule has 0 aliphatic heterocycles. The lowest BCUT2D eigenvalue weighted by Gasteiger charge is -1.97. The standard InChI is InChI=1S/C7H6BrNOS/c8-6-3-1-5(2-4-6)7(10)9-11/h1-4,11H,(H,9,10). The topological polar surface area (TPSA) is 29.1 Å². The third kappa shape index (κ3) is 2.24. The molecule has 0 saturated heterocycles. The summed E-state index contributed by atoms with van der Waals surface area (Å²) in [5.74, 6) is -0.194. The summed E-state index contributed by atoms with van der Waals surface area (Å²) in [6.45, 7) is 0. The van der Waals surface area contributed by atoms with Crippen molar-refractivity contribution >= 4 is 34.7 Å². The van der Waals surface area contributed by atoms with Crippen LogP contribution in [0.3, 0.4) is 0 Å². The molecule has 0 fully saturated rings. The Kier molecular flexibility index (Phi) is 2.96. The minimum absolute atomic E-state index is 0.194. The van der Waals surface area contributed by atoms with Gasteiger partial charge in [-0.15, -0.1) is 0 Å². The van der Waals surface area contributed by atoms with Crippen LogP contribution in [0.25, 0.3) is 0 Å². The first-order valence-electron chi connectivity index (χ1n) is 2.94. The van der Waals surface area contributed by atoms with E-state index in [-0.39, 0.29) is 5.91 Å². The predicted octanol–water partition coefficient (Wildman–Crippen LogP) is 2.02. The molecule has 1 aromatic rings. The largest absolute Gasteiger partial charge is 0.299 e. The molecule has 0 heterocycles. The van der Waals surface area contributed by atoms with Crippen LogP contribution in [0.2, 0.25) is 0 Å². The average Bonchev–Trinajstić information content (AvgIpc) is 2.05. The molecule has 0 atom stereocenters. The van der Waals surface area contributed by atoms with Crippen molar-refractivity contribution in [3.63, 3.8) is 0 Å². The van der Waals surface area contributed by atoms with Crippen molar-refractivity contribution in [3.8, 4) is 0 Å². The molecular weight excluding hydrogens is 226 g/mol. The van der Waals surface area contributed by atoms with Crippen LogP contribution in [0.1, 0.15) is 10.4 Å². The van der Waals surface area contributed by atoms with Crippen LogP contribution in [0.4, 0.5) is 0 Å². The first kappa shape index (κ1) is 8.62. The number of hydrogen-bond donors (Lipinski definition) is 2. The van der Waals surface area contributed by atoms with E-state index in [9.17, 15) is 4.79 Å². The van der Waals surface area contributed by atoms with E-state index in [2.05, 4.69) is 33.5 Å². The predicted molar refractivity (Wildman–Crippen MR) is 50.6 cm³/mol. The van der Waals surface area contributed by atoms with Crippen LogP contribution in [0.5, 0.6) is 0 Å². The number of rotatable bonds is 1. The van der Waals surface area contributed by atoms with E-state index < -0.39 is 0 Å². The summed E-state index contributed by atoms with van der Waals surface area (Å²) < 4.78 is 3.19. The number of carbonyl (C=O) groups excluding carboxylic acids is 1. The lowest BCUT2D eigenvalue weighted by molar-refractivity contribution is 0.0985. The van der Waals surface area contributed by atoms with E-state index in [1.165, 1.54) is 0 Å². The van der Waals surface area contributed by atoms with Gasteiger partial charge in [0.2, 0.25) is 0 Å². The normalized spacial score (nSPS) is 9.27. The highest BCUT2D eigenvalue weighted by molar-refractivity contribution is 9.10. The monoisotopic (exact) mass is 231 g/mol. The van der Waals surface area contributed by atoms with Gasteiger partial charge in [0, 0.05) is 10.0 Å². The van der Waals surface area contributed by atoms with Crippen molar-refractivity contribution in [2.45, 2.75) is 0 Å². The number of amides is 1. The van der Waals surface area contributed by atoms with Crippen LogP contribution in [0.15, 0.2) is 28.7 Å². The molecule has 0 aliphatic carbocycles. The Hall–Kier alpha value is -0.480. The minimum atomic E-state index is -0.194. The lowest BCUT2D eigenvalue weighted by Crippen LogP contribution is -2.11. The van der Waals surface area contributed by atoms with E-state index in [1.807, 2.05) is 0 Å². The van der Waals surface area contributed by atoms with Crippen molar-refractivity contribution < 1.29 is 4.79 Å². The third-order valence-corrected chi connectivity index (χ3v) is 1.94. The summed E-state index contributed by atoms with van der Waals surface area (Å²) in [7, 11) is 0. The zero-order valence-electron chi connectivity index (χ0n) is 5.54. The second-order valence-corrected chi connectivity index (χ2v) is 3.09. The number of nitrogens with one attached hydrogen (secondary N) is 1. The highest BCUT2D eigenvalue weighted by atomic mass is 79.9. The van der Waals surface area contributed by atoms with Crippen LogP contribution in [-0.2, 0) is 0 Å². The minimum Gasteiger partial charge on any atom is -0.299 e. The Morgan fingerprint density at radius 2 is 1.91 bits per heavy atom. The van der Waals surface area contributed by atoms with E-state index in [1.54, 1.807) is 24.3 Å². The van der Waals surface area contributed by atoms with Gasteiger partial charge in [-0.3, -0.25) is 9.52 Å². The highest BCUT2D eigenvalue weighted by Crippen LogP contribution is 2.10. The quantitative estimate of drug-likeness (QED) is 0.712. The molecule has 0 aromatic heterocycles. The van der Waals surface area contributed by atoms with Gasteiger partial charge >= 0.3 is 0 Å². The van der Waals surface area contributed by atoms with E-state index >= 15 is 0 Å². The summed E-state index contributed by atoms with van der Waals surface area (Å²) in [6.07, 6.45) is 0. The molecule has 1 rings (SSSR count). The number of carbonyl (C=O) groups is 1. The maximum absolute atomic E-state index is 10.9. The second-order valence-electron chi connectivity index (χ2n) is 1.95. The molecule has 0 radical (unpaired) electrons. The third-order valence-electron chi connectivity index (χ3n) is 1.21. The molecule has 0 unspecified atom stereocenters. The highest BCUT2D eigenvalue weighted by Gasteiger charge is 2.00. The van der Waals surface area contributed by atoms with Gasteiger partial charge < -0.3 is 0 Å². The lowest BCUT2D eigenvalue weighted by atomic mass is 10.2. The fraction of sp³-hybridized carbons (Fsp3) is 0. The second kappa shape index (κ2) is 3.78. The van der Waals surface area contributed by atoms with Crippen molar-refractivity contribution in [3.05, 3.63) is 34.3 Å². The molecule has 2 nitrogen and oxygen atoms in total. The number of thiol groups is 1. The molecule has 1 N–H and O–H groups in total. The van der Waals surface area contributed by atoms with Crippen LogP contribution < -0.4 is 4.72 Å². The maximum atomic E-state index is 10.9. The Balaban J connectivity index is 2.90. The molecule has 0 spiro atoms. The average molecular weight is 232 g/mol. The summed E-state index contributed by atoms with van der Waals surface area (Å²) in [5.41, 5.74) is 0.600. The van der Waals surface area contributed by atoms with Crippen LogP contribution >= 0.6 is 28.7 Å². The maximum Gasteiger partial charge on any atom is 0.260 e. The molecule has 4 heteroatoms. The summed E-state index contributed by atoms with van der Waals surface area (Å²) in [5, 5.41) is 0. The fourth-order valence-corrected chi connectivity index (χ4v) is 1.06. The zero-order valence-corrected chi connectivity index (χ0v) is 8.02. The van der Waals surface area contributed by atoms with E-state index in [0.717, 1.165) is 4.47 Å². The SMILES string of the molecule is O=C(NS)c1ccc(Br)cc1. The summed E-state index contributed by atoms with van der Waals surface area (Å²) in [6, 6.07) is 7.04. The summed E-state index contributed by atoms with van der Waals surface area (Å²) in [4.78, 5) is 10.9. The van der Waals surface area contributed by atoms with Gasteiger partial charge in [0.1, 0.15) is 0 Å². The molecule has 0 bridgehead atoms. The molecule has 58 valence electrons. The Labute approximate surface area is 78.7 Å². The van der Waals surface area contributed by atoms with Gasteiger partial charge in [0.05, 0.1) is 0 Å². The van der Waals surface area contributed by atoms with Crippen molar-refractivity contribution in [1.82, 2.24) is 4.72 Å². The first-order chi connectivity index (χ1) is 5.24. The first-order valence-corrected chi connectivity index (χ1v) is 4.18. The Morgan fingerprint density at radius 3 is 2.36 bits per heavy atom. The molecule has 0 saturated carbocycles. The molecule has 1 amide bonds. The number of hydrogen-bond acceptors (Lipinski definition) is 2. The van der Waals surface area contributed by atoms with Crippen molar-refractivity contribution in [2.24, 2.45) is 0 Å². The number of halogens is 1. The fourth-order valence-electron chi connectivity index (χ4n) is 0.666. The summed E-state index contributed by atoms with van der Waals surface area (Å²) >= 11 is 6.91. The molecule has 0 aliphatic rings. The molecule has 11 heavy (non-hydrogen) atoms. The Bertz CT molecular complexity index is 260. The Morgan fingerprint density at radius 1 is 1.36 bits per heavy atom. The molecular formula is C7H6BrNOS. The van der Waals surface area contributed by atoms with Crippen molar-refractivity contribution in [2.75, 3.05) is 0 Å².